The summed E-state index contributed by atoms with van der Waals surface area (Å²) in [5, 5.41) is 9.73. The molecule has 0 aliphatic rings. The van der Waals surface area contributed by atoms with Crippen LogP contribution in [0, 0.1) is 0 Å². The van der Waals surface area contributed by atoms with Crippen molar-refractivity contribution >= 4 is 22.6 Å². The Morgan fingerprint density at radius 2 is 2.55 bits per heavy atom. The highest BCUT2D eigenvalue weighted by atomic mass is 32.1. The number of carbonyl (C=O) groups excluding carboxylic acids is 1. The van der Waals surface area contributed by atoms with Crippen LogP contribution in [0.1, 0.15) is 6.92 Å². The van der Waals surface area contributed by atoms with Crippen LogP contribution in [0.25, 0.3) is 0 Å². The molecule has 0 saturated heterocycles. The molecule has 11 heavy (non-hydrogen) atoms. The molecule has 1 aromatic heterocycles. The summed E-state index contributed by atoms with van der Waals surface area (Å²) in [4.78, 5) is 10.8. The van der Waals surface area contributed by atoms with E-state index >= 15 is 0 Å². The van der Waals surface area contributed by atoms with Crippen molar-refractivity contribution in [3.63, 3.8) is 0 Å². The minimum Gasteiger partial charge on any atom is -0.296 e. The van der Waals surface area contributed by atoms with E-state index in [1.807, 2.05) is 0 Å². The molecule has 1 heterocycles. The smallest absolute Gasteiger partial charge is 0.249 e. The van der Waals surface area contributed by atoms with Crippen LogP contribution < -0.4 is 5.32 Å². The second-order valence-electron chi connectivity index (χ2n) is 1.66. The number of amides is 1. The maximum atomic E-state index is 10.8. The third kappa shape index (κ3) is 2.42. The molecule has 0 atom stereocenters. The molecular weight excluding hydrogens is 164 g/mol. The number of hydrogen-bond acceptors (Lipinski definition) is 5. The zero-order valence-electron chi connectivity index (χ0n) is 5.81. The van der Waals surface area contributed by atoms with Crippen molar-refractivity contribution in [2.75, 3.05) is 5.32 Å². The molecule has 0 saturated carbocycles. The van der Waals surface area contributed by atoms with Gasteiger partial charge in [0.2, 0.25) is 11.0 Å². The van der Waals surface area contributed by atoms with Crippen LogP contribution in [0.3, 0.4) is 0 Å². The van der Waals surface area contributed by atoms with Gasteiger partial charge in [0.1, 0.15) is 0 Å². The fourth-order valence-electron chi connectivity index (χ4n) is 0.480. The molecule has 0 aromatic carbocycles. The number of rotatable bonds is 2. The van der Waals surface area contributed by atoms with E-state index in [0.717, 1.165) is 11.5 Å². The van der Waals surface area contributed by atoms with E-state index < -0.39 is 0 Å². The van der Waals surface area contributed by atoms with Gasteiger partial charge in [-0.2, -0.15) is 0 Å². The van der Waals surface area contributed by atoms with Gasteiger partial charge in [0, 0.05) is 11.5 Å². The number of nitrogens with one attached hydrogen (secondary N) is 1. The summed E-state index contributed by atoms with van der Waals surface area (Å²) in [5.74, 6) is -0.217. The summed E-state index contributed by atoms with van der Waals surface area (Å²) < 4.78 is 3.48. The molecule has 1 rings (SSSR count). The molecule has 0 unspecified atom stereocenters. The first-order chi connectivity index (χ1) is 5.33. The topological polar surface area (TPSA) is 67.8 Å². The predicted molar refractivity (Wildman–Crippen MR) is 41.1 cm³/mol. The Kier molecular flexibility index (Phi) is 2.67. The highest BCUT2D eigenvalue weighted by Gasteiger charge is 1.99. The second-order valence-corrected chi connectivity index (χ2v) is 2.39. The van der Waals surface area contributed by atoms with Gasteiger partial charge in [-0.15, -0.1) is 0 Å². The van der Waals surface area contributed by atoms with E-state index in [1.165, 1.54) is 6.08 Å². The summed E-state index contributed by atoms with van der Waals surface area (Å²) in [6.45, 7) is 1.76. The Morgan fingerprint density at radius 1 is 1.73 bits per heavy atom. The molecule has 58 valence electrons. The molecule has 0 aliphatic carbocycles. The van der Waals surface area contributed by atoms with Gasteiger partial charge in [-0.05, 0) is 18.2 Å². The van der Waals surface area contributed by atoms with Crippen LogP contribution >= 0.6 is 11.5 Å². The number of nitrogens with zero attached hydrogens (tertiary/aromatic N) is 3. The van der Waals surface area contributed by atoms with Gasteiger partial charge in [0.25, 0.3) is 0 Å². The lowest BCUT2D eigenvalue weighted by atomic mass is 10.5. The number of carbonyl (C=O) groups is 1. The first kappa shape index (κ1) is 7.80. The van der Waals surface area contributed by atoms with E-state index in [-0.39, 0.29) is 5.91 Å². The van der Waals surface area contributed by atoms with E-state index in [4.69, 9.17) is 0 Å². The predicted octanol–water partition coefficient (Wildman–Crippen LogP) is 0.448. The average Bonchev–Trinajstić information content (AvgIpc) is 2.40. The molecule has 1 amide bonds. The second kappa shape index (κ2) is 3.77. The van der Waals surface area contributed by atoms with E-state index in [9.17, 15) is 4.79 Å². The quantitative estimate of drug-likeness (QED) is 0.654. The standard InChI is InChI=1S/C5H6N4OS/c1-2-3-4(10)6-5-7-8-9-11-5/h2-3H,1H3,(H,6,7,9,10)/b3-2+. The molecule has 0 fully saturated rings. The van der Waals surface area contributed by atoms with Crippen LogP contribution in [0.2, 0.25) is 0 Å². The van der Waals surface area contributed by atoms with Crippen molar-refractivity contribution in [3.8, 4) is 0 Å². The van der Waals surface area contributed by atoms with Gasteiger partial charge in [-0.3, -0.25) is 10.1 Å². The van der Waals surface area contributed by atoms with Gasteiger partial charge in [-0.1, -0.05) is 15.7 Å². The number of anilines is 1. The molecule has 0 aliphatic heterocycles. The number of aromatic nitrogens is 3. The van der Waals surface area contributed by atoms with Gasteiger partial charge in [0.05, 0.1) is 0 Å². The van der Waals surface area contributed by atoms with Crippen LogP contribution in [0.15, 0.2) is 12.2 Å². The van der Waals surface area contributed by atoms with E-state index in [1.54, 1.807) is 13.0 Å². The van der Waals surface area contributed by atoms with Crippen LogP contribution in [-0.4, -0.2) is 20.7 Å². The molecular formula is C5H6N4OS. The lowest BCUT2D eigenvalue weighted by molar-refractivity contribution is -0.111. The van der Waals surface area contributed by atoms with Crippen molar-refractivity contribution < 1.29 is 4.79 Å². The zero-order valence-corrected chi connectivity index (χ0v) is 6.63. The highest BCUT2D eigenvalue weighted by molar-refractivity contribution is 7.09. The summed E-state index contributed by atoms with van der Waals surface area (Å²) >= 11 is 1.04. The van der Waals surface area contributed by atoms with Crippen LogP contribution in [0.4, 0.5) is 5.13 Å². The van der Waals surface area contributed by atoms with Crippen molar-refractivity contribution in [3.05, 3.63) is 12.2 Å². The Morgan fingerprint density at radius 3 is 3.09 bits per heavy atom. The molecule has 0 spiro atoms. The molecule has 0 radical (unpaired) electrons. The minimum atomic E-state index is -0.217. The monoisotopic (exact) mass is 170 g/mol. The summed E-state index contributed by atoms with van der Waals surface area (Å²) in [5.41, 5.74) is 0. The van der Waals surface area contributed by atoms with Gasteiger partial charge in [0.15, 0.2) is 0 Å². The Balaban J connectivity index is 2.50. The van der Waals surface area contributed by atoms with E-state index in [0.29, 0.717) is 5.13 Å². The molecule has 6 heteroatoms. The largest absolute Gasteiger partial charge is 0.296 e. The zero-order chi connectivity index (χ0) is 8.10. The van der Waals surface area contributed by atoms with Gasteiger partial charge in [-0.25, -0.2) is 0 Å². The van der Waals surface area contributed by atoms with Gasteiger partial charge < -0.3 is 0 Å². The Bertz CT molecular complexity index is 255. The lowest BCUT2D eigenvalue weighted by Gasteiger charge is -1.90. The van der Waals surface area contributed by atoms with Crippen molar-refractivity contribution in [1.82, 2.24) is 14.8 Å². The van der Waals surface area contributed by atoms with Crippen molar-refractivity contribution in [1.29, 1.82) is 0 Å². The third-order valence-electron chi connectivity index (χ3n) is 0.848. The number of allylic oxidation sites excluding steroid dienone is 1. The number of hydrogen-bond donors (Lipinski definition) is 1. The van der Waals surface area contributed by atoms with E-state index in [2.05, 4.69) is 20.1 Å². The summed E-state index contributed by atoms with van der Waals surface area (Å²) in [7, 11) is 0. The average molecular weight is 170 g/mol. The molecule has 0 bridgehead atoms. The lowest BCUT2D eigenvalue weighted by Crippen LogP contribution is -2.07. The first-order valence-corrected chi connectivity index (χ1v) is 3.69. The Hall–Kier alpha value is -1.30. The summed E-state index contributed by atoms with van der Waals surface area (Å²) in [6.07, 6.45) is 3.05. The SMILES string of the molecule is C/C=C/C(=O)Nc1nnns1. The highest BCUT2D eigenvalue weighted by Crippen LogP contribution is 2.03. The summed E-state index contributed by atoms with van der Waals surface area (Å²) in [6, 6.07) is 0. The molecule has 5 nitrogen and oxygen atoms in total. The maximum Gasteiger partial charge on any atom is 0.249 e. The fourth-order valence-corrected chi connectivity index (χ4v) is 0.850. The maximum absolute atomic E-state index is 10.8. The normalized spacial score (nSPS) is 10.3. The Labute approximate surface area is 67.3 Å². The first-order valence-electron chi connectivity index (χ1n) is 2.91. The molecule has 1 aromatic rings. The van der Waals surface area contributed by atoms with Crippen molar-refractivity contribution in [2.24, 2.45) is 0 Å². The van der Waals surface area contributed by atoms with Crippen LogP contribution in [0.5, 0.6) is 0 Å². The third-order valence-corrected chi connectivity index (χ3v) is 1.36. The van der Waals surface area contributed by atoms with Crippen molar-refractivity contribution in [2.45, 2.75) is 6.92 Å². The van der Waals surface area contributed by atoms with Gasteiger partial charge >= 0.3 is 0 Å². The molecule has 1 N–H and O–H groups in total. The fraction of sp³-hybridized carbons (Fsp3) is 0.200. The minimum absolute atomic E-state index is 0.217. The van der Waals surface area contributed by atoms with Crippen LogP contribution in [-0.2, 0) is 4.79 Å².